The first kappa shape index (κ1) is 68.3. The van der Waals surface area contributed by atoms with Gasteiger partial charge in [-0.05, 0) is 122 Å². The third-order valence-corrected chi connectivity index (χ3v) is 11.8. The normalized spacial score (nSPS) is 13.2. The summed E-state index contributed by atoms with van der Waals surface area (Å²) in [7, 11) is 0. The van der Waals surface area contributed by atoms with Gasteiger partial charge in [0.05, 0.1) is 0 Å². The fraction of sp³-hybridized carbons (Fsp3) is 0.597. The van der Waals surface area contributed by atoms with Crippen molar-refractivity contribution in [3.05, 3.63) is 146 Å². The molecular formula is C67H106O6. The van der Waals surface area contributed by atoms with E-state index >= 15 is 0 Å². The number of allylic oxidation sites excluding steroid dienone is 24. The zero-order valence-electron chi connectivity index (χ0n) is 46.8. The van der Waals surface area contributed by atoms with Gasteiger partial charge in [0, 0.05) is 19.3 Å². The second-order valence-corrected chi connectivity index (χ2v) is 18.8. The third-order valence-electron chi connectivity index (χ3n) is 11.8. The number of ether oxygens (including phenoxy) is 3. The lowest BCUT2D eigenvalue weighted by Gasteiger charge is -2.18. The van der Waals surface area contributed by atoms with Gasteiger partial charge in [0.1, 0.15) is 13.2 Å². The number of unbranched alkanes of at least 4 members (excludes halogenated alkanes) is 16. The molecule has 6 heteroatoms. The highest BCUT2D eigenvalue weighted by Gasteiger charge is 2.19. The van der Waals surface area contributed by atoms with Gasteiger partial charge in [-0.15, -0.1) is 0 Å². The van der Waals surface area contributed by atoms with Crippen molar-refractivity contribution in [3.63, 3.8) is 0 Å². The Kier molecular flexibility index (Phi) is 56.0. The fourth-order valence-corrected chi connectivity index (χ4v) is 7.56. The van der Waals surface area contributed by atoms with Gasteiger partial charge in [-0.2, -0.15) is 0 Å². The number of hydrogen-bond donors (Lipinski definition) is 0. The van der Waals surface area contributed by atoms with E-state index in [1.807, 2.05) is 12.2 Å². The zero-order valence-corrected chi connectivity index (χ0v) is 46.8. The Morgan fingerprint density at radius 2 is 0.521 bits per heavy atom. The fourth-order valence-electron chi connectivity index (χ4n) is 7.56. The predicted molar refractivity (Wildman–Crippen MR) is 315 cm³/mol. The van der Waals surface area contributed by atoms with Crippen molar-refractivity contribution in [3.8, 4) is 0 Å². The molecule has 0 saturated carbocycles. The van der Waals surface area contributed by atoms with Crippen LogP contribution in [0.5, 0.6) is 0 Å². The molecule has 1 atom stereocenters. The van der Waals surface area contributed by atoms with E-state index in [1.165, 1.54) is 64.2 Å². The van der Waals surface area contributed by atoms with Gasteiger partial charge in [-0.1, -0.05) is 244 Å². The SMILES string of the molecule is CC/C=C\C/C=C\C/C=C\C/C=C\CCCCCCCCCCCCCCC(=O)OCC(COC(=O)CC/C=C\C/C=C\C/C=C\C/C=C\CC)OC(=O)CCCCCC/C=C\C/C=C\C/C=C\C/C=C\CC. The van der Waals surface area contributed by atoms with E-state index in [-0.39, 0.29) is 44.0 Å². The molecule has 0 bridgehead atoms. The molecule has 0 rings (SSSR count). The summed E-state index contributed by atoms with van der Waals surface area (Å²) < 4.78 is 16.8. The minimum atomic E-state index is -0.827. The largest absolute Gasteiger partial charge is 0.462 e. The molecule has 0 spiro atoms. The first-order chi connectivity index (χ1) is 36.0. The highest BCUT2D eigenvalue weighted by atomic mass is 16.6. The van der Waals surface area contributed by atoms with Gasteiger partial charge in [0.25, 0.3) is 0 Å². The van der Waals surface area contributed by atoms with Crippen LogP contribution in [0.2, 0.25) is 0 Å². The smallest absolute Gasteiger partial charge is 0.306 e. The average molecular weight is 1010 g/mol. The van der Waals surface area contributed by atoms with Gasteiger partial charge < -0.3 is 14.2 Å². The molecule has 0 saturated heterocycles. The molecule has 0 heterocycles. The van der Waals surface area contributed by atoms with E-state index in [0.29, 0.717) is 12.8 Å². The summed E-state index contributed by atoms with van der Waals surface area (Å²) in [5.41, 5.74) is 0. The summed E-state index contributed by atoms with van der Waals surface area (Å²) in [5, 5.41) is 0. The van der Waals surface area contributed by atoms with E-state index in [0.717, 1.165) is 128 Å². The third kappa shape index (κ3) is 58.1. The molecule has 0 aromatic carbocycles. The van der Waals surface area contributed by atoms with E-state index in [2.05, 4.69) is 154 Å². The highest BCUT2D eigenvalue weighted by molar-refractivity contribution is 5.71. The molecule has 410 valence electrons. The molecule has 0 aromatic heterocycles. The Morgan fingerprint density at radius 1 is 0.274 bits per heavy atom. The Balaban J connectivity index is 4.42. The lowest BCUT2D eigenvalue weighted by atomic mass is 10.0. The number of carbonyl (C=O) groups excluding carboxylic acids is 3. The van der Waals surface area contributed by atoms with E-state index in [4.69, 9.17) is 14.2 Å². The summed E-state index contributed by atoms with van der Waals surface area (Å²) in [4.78, 5) is 38.1. The quantitative estimate of drug-likeness (QED) is 0.0261. The Bertz CT molecular complexity index is 1630. The molecule has 1 unspecified atom stereocenters. The van der Waals surface area contributed by atoms with Crippen LogP contribution < -0.4 is 0 Å². The summed E-state index contributed by atoms with van der Waals surface area (Å²) >= 11 is 0. The van der Waals surface area contributed by atoms with Gasteiger partial charge in [0.2, 0.25) is 0 Å². The van der Waals surface area contributed by atoms with E-state index in [1.54, 1.807) is 0 Å². The van der Waals surface area contributed by atoms with Gasteiger partial charge in [-0.3, -0.25) is 14.4 Å². The van der Waals surface area contributed by atoms with Crippen LogP contribution in [0.3, 0.4) is 0 Å². The second-order valence-electron chi connectivity index (χ2n) is 18.8. The summed E-state index contributed by atoms with van der Waals surface area (Å²) in [6.45, 7) is 6.20. The lowest BCUT2D eigenvalue weighted by Crippen LogP contribution is -2.30. The molecule has 6 nitrogen and oxygen atoms in total. The monoisotopic (exact) mass is 1010 g/mol. The Morgan fingerprint density at radius 3 is 0.849 bits per heavy atom. The lowest BCUT2D eigenvalue weighted by molar-refractivity contribution is -0.166. The van der Waals surface area contributed by atoms with Crippen molar-refractivity contribution in [2.75, 3.05) is 13.2 Å². The maximum absolute atomic E-state index is 12.9. The molecule has 0 fully saturated rings. The predicted octanol–water partition coefficient (Wildman–Crippen LogP) is 20.0. The Labute approximate surface area is 448 Å². The molecule has 0 aromatic rings. The number of esters is 3. The van der Waals surface area contributed by atoms with Crippen LogP contribution in [-0.2, 0) is 28.6 Å². The van der Waals surface area contributed by atoms with Gasteiger partial charge in [-0.25, -0.2) is 0 Å². The average Bonchev–Trinajstić information content (AvgIpc) is 3.39. The summed E-state index contributed by atoms with van der Waals surface area (Å²) in [6.07, 6.45) is 85.8. The minimum absolute atomic E-state index is 0.116. The number of hydrogen-bond acceptors (Lipinski definition) is 6. The van der Waals surface area contributed by atoms with Crippen molar-refractivity contribution < 1.29 is 28.6 Å². The first-order valence-electron chi connectivity index (χ1n) is 29.3. The minimum Gasteiger partial charge on any atom is -0.462 e. The molecule has 0 amide bonds. The van der Waals surface area contributed by atoms with E-state index in [9.17, 15) is 14.4 Å². The van der Waals surface area contributed by atoms with E-state index < -0.39 is 6.10 Å². The number of rotatable bonds is 51. The van der Waals surface area contributed by atoms with Crippen LogP contribution >= 0.6 is 0 Å². The maximum Gasteiger partial charge on any atom is 0.306 e. The molecule has 0 aliphatic carbocycles. The molecule has 73 heavy (non-hydrogen) atoms. The molecule has 0 N–H and O–H groups in total. The van der Waals surface area contributed by atoms with Crippen molar-refractivity contribution in [2.45, 2.75) is 245 Å². The standard InChI is InChI=1S/C67H106O6/c1-4-7-10-13-16-19-22-25-27-29-30-31-32-33-34-35-36-38-39-42-45-48-51-54-57-60-66(69)72-63-64(62-71-65(68)59-56-53-50-47-44-41-24-21-18-15-12-9-6-3)73-67(70)61-58-55-52-49-46-43-40-37-28-26-23-20-17-14-11-8-5-2/h7-12,16-21,25-28,30-31,40-41,43-44,50,53,64H,4-6,13-15,22-24,29,32-39,42,45-49,51-52,54-63H2,1-3H3/b10-7-,11-8-,12-9-,19-16-,20-17-,21-18-,27-25-,28-26-,31-30-,43-40-,44-41-,53-50-. The van der Waals surface area contributed by atoms with Gasteiger partial charge in [0.15, 0.2) is 6.10 Å². The first-order valence-corrected chi connectivity index (χ1v) is 29.3. The summed E-state index contributed by atoms with van der Waals surface area (Å²) in [5.74, 6) is -1.03. The van der Waals surface area contributed by atoms with Crippen LogP contribution in [0.15, 0.2) is 146 Å². The molecule has 0 aliphatic rings. The Hall–Kier alpha value is -4.71. The van der Waals surface area contributed by atoms with Crippen LogP contribution in [0.4, 0.5) is 0 Å². The van der Waals surface area contributed by atoms with Crippen LogP contribution in [-0.4, -0.2) is 37.2 Å². The zero-order chi connectivity index (χ0) is 52.9. The summed E-state index contributed by atoms with van der Waals surface area (Å²) in [6, 6.07) is 0. The highest BCUT2D eigenvalue weighted by Crippen LogP contribution is 2.15. The van der Waals surface area contributed by atoms with Crippen molar-refractivity contribution in [1.29, 1.82) is 0 Å². The molecule has 0 radical (unpaired) electrons. The number of carbonyl (C=O) groups is 3. The maximum atomic E-state index is 12.9. The molecule has 0 aliphatic heterocycles. The van der Waals surface area contributed by atoms with Gasteiger partial charge >= 0.3 is 17.9 Å². The van der Waals surface area contributed by atoms with Crippen molar-refractivity contribution >= 4 is 17.9 Å². The van der Waals surface area contributed by atoms with Crippen molar-refractivity contribution in [1.82, 2.24) is 0 Å². The van der Waals surface area contributed by atoms with Crippen molar-refractivity contribution in [2.24, 2.45) is 0 Å². The van der Waals surface area contributed by atoms with Crippen LogP contribution in [0.25, 0.3) is 0 Å². The molecular weight excluding hydrogens is 901 g/mol. The topological polar surface area (TPSA) is 78.9 Å². The second kappa shape index (κ2) is 59.8. The van der Waals surface area contributed by atoms with Crippen LogP contribution in [0, 0.1) is 0 Å². The van der Waals surface area contributed by atoms with Crippen LogP contribution in [0.1, 0.15) is 239 Å².